The minimum absolute atomic E-state index is 0.0500. The Hall–Kier alpha value is -4.83. The van der Waals surface area contributed by atoms with Gasteiger partial charge in [0.2, 0.25) is 5.88 Å². The molecule has 1 aliphatic carbocycles. The first-order valence-electron chi connectivity index (χ1n) is 18.3. The second-order valence-electron chi connectivity index (χ2n) is 16.3. The van der Waals surface area contributed by atoms with Crippen molar-refractivity contribution >= 4 is 25.2 Å². The van der Waals surface area contributed by atoms with Gasteiger partial charge in [-0.15, -0.1) is 0 Å². The highest BCUT2D eigenvalue weighted by molar-refractivity contribution is 6.76. The summed E-state index contributed by atoms with van der Waals surface area (Å²) in [5.74, 6) is 1.19. The number of methoxy groups -OCH3 is 1. The van der Waals surface area contributed by atoms with Crippen LogP contribution in [0.15, 0.2) is 36.8 Å². The molecule has 1 aliphatic rings. The summed E-state index contributed by atoms with van der Waals surface area (Å²) >= 11 is 0. The van der Waals surface area contributed by atoms with Crippen molar-refractivity contribution in [2.45, 2.75) is 104 Å². The summed E-state index contributed by atoms with van der Waals surface area (Å²) in [6, 6.07) is 8.17. The predicted octanol–water partition coefficient (Wildman–Crippen LogP) is 8.76. The minimum Gasteiger partial charge on any atom is -0.480 e. The maximum atomic E-state index is 13.5. The first-order valence-corrected chi connectivity index (χ1v) is 22.0. The molecule has 12 nitrogen and oxygen atoms in total. The standard InChI is InChI=1S/C39H49F3N8O4Si/c1-23-33(39(40,41)42)48-34(46-23)26-12-10-24(11-13-26)18-27-29(20-49(5)37(51)54-38(2,3)4)50(22-53-16-17-55(7,8)9)28-19-43-35(47-32(27)28)30-31(25-14-15-25)44-21-45-36(30)52-6/h10-13,19,21,25H,14-18,20,22H2,1-9H3,(H,46,48). The fourth-order valence-corrected chi connectivity index (χ4v) is 7.07. The van der Waals surface area contributed by atoms with Crippen LogP contribution in [0.2, 0.25) is 25.7 Å². The van der Waals surface area contributed by atoms with Crippen molar-refractivity contribution in [3.8, 4) is 28.7 Å². The van der Waals surface area contributed by atoms with Gasteiger partial charge in [-0.3, -0.25) is 0 Å². The summed E-state index contributed by atoms with van der Waals surface area (Å²) < 4.78 is 60.3. The van der Waals surface area contributed by atoms with E-state index in [1.165, 1.54) is 18.2 Å². The summed E-state index contributed by atoms with van der Waals surface area (Å²) in [6.07, 6.45) is 0.578. The van der Waals surface area contributed by atoms with Crippen LogP contribution < -0.4 is 4.74 Å². The third-order valence-electron chi connectivity index (χ3n) is 9.31. The monoisotopic (exact) mass is 778 g/mol. The molecule has 16 heteroatoms. The maximum absolute atomic E-state index is 13.5. The highest BCUT2D eigenvalue weighted by Gasteiger charge is 2.36. The van der Waals surface area contributed by atoms with Crippen molar-refractivity contribution in [2.24, 2.45) is 0 Å². The topological polar surface area (TPSA) is 133 Å². The molecule has 1 aromatic carbocycles. The number of hydrogen-bond donors (Lipinski definition) is 1. The minimum atomic E-state index is -4.57. The van der Waals surface area contributed by atoms with Crippen LogP contribution in [-0.2, 0) is 35.3 Å². The summed E-state index contributed by atoms with van der Waals surface area (Å²) in [5, 5.41) is 0. The zero-order chi connectivity index (χ0) is 39.9. The predicted molar refractivity (Wildman–Crippen MR) is 205 cm³/mol. The van der Waals surface area contributed by atoms with E-state index in [-0.39, 0.29) is 30.7 Å². The molecule has 0 unspecified atom stereocenters. The molecule has 6 rings (SSSR count). The Morgan fingerprint density at radius 3 is 2.36 bits per heavy atom. The fraction of sp³-hybridized carbons (Fsp3) is 0.487. The summed E-state index contributed by atoms with van der Waals surface area (Å²) in [7, 11) is 1.85. The van der Waals surface area contributed by atoms with Crippen LogP contribution in [-0.4, -0.2) is 79.9 Å². The van der Waals surface area contributed by atoms with Crippen LogP contribution in [0, 0.1) is 6.92 Å². The number of aryl methyl sites for hydroxylation is 1. The number of carbonyl (C=O) groups excluding carboxylic acids is 1. The van der Waals surface area contributed by atoms with Gasteiger partial charge < -0.3 is 28.7 Å². The van der Waals surface area contributed by atoms with Gasteiger partial charge in [0.05, 0.1) is 36.6 Å². The lowest BCUT2D eigenvalue weighted by Crippen LogP contribution is -2.34. The van der Waals surface area contributed by atoms with Gasteiger partial charge in [0.15, 0.2) is 11.5 Å². The smallest absolute Gasteiger partial charge is 0.435 e. The van der Waals surface area contributed by atoms with Crippen LogP contribution >= 0.6 is 0 Å². The summed E-state index contributed by atoms with van der Waals surface area (Å²) in [4.78, 5) is 40.5. The lowest BCUT2D eigenvalue weighted by molar-refractivity contribution is -0.141. The zero-order valence-electron chi connectivity index (χ0n) is 32.9. The number of imidazole rings is 1. The van der Waals surface area contributed by atoms with Gasteiger partial charge in [-0.2, -0.15) is 13.2 Å². The Morgan fingerprint density at radius 1 is 1.05 bits per heavy atom. The number of hydrogen-bond acceptors (Lipinski definition) is 9. The molecule has 0 saturated heterocycles. The Labute approximate surface area is 319 Å². The normalized spacial score (nSPS) is 13.7. The Morgan fingerprint density at radius 2 is 1.76 bits per heavy atom. The maximum Gasteiger partial charge on any atom is 0.435 e. The van der Waals surface area contributed by atoms with Crippen molar-refractivity contribution in [1.29, 1.82) is 0 Å². The second-order valence-corrected chi connectivity index (χ2v) is 21.9. The molecular weight excluding hydrogens is 730 g/mol. The molecule has 1 fully saturated rings. The Balaban J connectivity index is 1.48. The average molecular weight is 779 g/mol. The number of alkyl halides is 3. The van der Waals surface area contributed by atoms with E-state index in [0.717, 1.165) is 41.4 Å². The number of nitrogens with one attached hydrogen (secondary N) is 1. The van der Waals surface area contributed by atoms with Crippen molar-refractivity contribution in [1.82, 2.24) is 39.4 Å². The Kier molecular flexibility index (Phi) is 11.1. The molecular formula is C39H49F3N8O4Si. The van der Waals surface area contributed by atoms with Crippen LogP contribution in [0.3, 0.4) is 0 Å². The number of nitrogens with zero attached hydrogens (tertiary/aromatic N) is 7. The quantitative estimate of drug-likeness (QED) is 0.0920. The highest BCUT2D eigenvalue weighted by atomic mass is 28.3. The molecule has 4 aromatic heterocycles. The fourth-order valence-electron chi connectivity index (χ4n) is 6.31. The molecule has 0 bridgehead atoms. The van der Waals surface area contributed by atoms with Crippen molar-refractivity contribution in [3.05, 3.63) is 70.7 Å². The largest absolute Gasteiger partial charge is 0.480 e. The number of ether oxygens (including phenoxy) is 3. The molecule has 55 heavy (non-hydrogen) atoms. The number of aromatic amines is 1. The van der Waals surface area contributed by atoms with E-state index in [2.05, 4.69) is 39.6 Å². The van der Waals surface area contributed by atoms with E-state index >= 15 is 0 Å². The van der Waals surface area contributed by atoms with E-state index in [1.807, 2.05) is 37.5 Å². The molecule has 5 aromatic rings. The van der Waals surface area contributed by atoms with Crippen LogP contribution in [0.5, 0.6) is 5.88 Å². The molecule has 4 heterocycles. The third kappa shape index (κ3) is 9.35. The number of amides is 1. The van der Waals surface area contributed by atoms with Gasteiger partial charge in [0.1, 0.15) is 30.0 Å². The lowest BCUT2D eigenvalue weighted by Gasteiger charge is -2.25. The number of benzene rings is 1. The van der Waals surface area contributed by atoms with E-state index in [9.17, 15) is 18.0 Å². The number of carbonyl (C=O) groups is 1. The lowest BCUT2D eigenvalue weighted by atomic mass is 10.0. The number of rotatable bonds is 13. The number of aromatic nitrogens is 7. The molecule has 1 amide bonds. The molecule has 0 radical (unpaired) electrons. The molecule has 0 atom stereocenters. The molecule has 294 valence electrons. The van der Waals surface area contributed by atoms with Gasteiger partial charge in [-0.25, -0.2) is 29.7 Å². The van der Waals surface area contributed by atoms with Crippen molar-refractivity contribution < 1.29 is 32.2 Å². The van der Waals surface area contributed by atoms with Crippen LogP contribution in [0.25, 0.3) is 33.8 Å². The van der Waals surface area contributed by atoms with Gasteiger partial charge in [0.25, 0.3) is 0 Å². The molecule has 0 aliphatic heterocycles. The van der Waals surface area contributed by atoms with Gasteiger partial charge in [-0.05, 0) is 52.1 Å². The number of fused-ring (bicyclic) bond motifs is 1. The first-order chi connectivity index (χ1) is 25.8. The van der Waals surface area contributed by atoms with E-state index in [4.69, 9.17) is 24.2 Å². The highest BCUT2D eigenvalue weighted by Crippen LogP contribution is 2.45. The zero-order valence-corrected chi connectivity index (χ0v) is 33.9. The molecule has 1 N–H and O–H groups in total. The first kappa shape index (κ1) is 39.8. The van der Waals surface area contributed by atoms with Crippen LogP contribution in [0.4, 0.5) is 18.0 Å². The van der Waals surface area contributed by atoms with Gasteiger partial charge in [-0.1, -0.05) is 43.9 Å². The van der Waals surface area contributed by atoms with Gasteiger partial charge in [0, 0.05) is 56.6 Å². The SMILES string of the molecule is COc1ncnc(C2CC2)c1-c1ncc2c(n1)c(Cc1ccc(-c3nc(C(F)(F)F)c(C)[nH]3)cc1)c(CN(C)C(=O)OC(C)(C)C)n2COCC[Si](C)(C)C. The van der Waals surface area contributed by atoms with Crippen molar-refractivity contribution in [3.63, 3.8) is 0 Å². The number of H-pyrrole nitrogens is 1. The van der Waals surface area contributed by atoms with E-state index in [1.54, 1.807) is 32.5 Å². The third-order valence-corrected chi connectivity index (χ3v) is 11.0. The second kappa shape index (κ2) is 15.4. The van der Waals surface area contributed by atoms with Crippen molar-refractivity contribution in [2.75, 3.05) is 20.8 Å². The van der Waals surface area contributed by atoms with E-state index < -0.39 is 31.6 Å². The van der Waals surface area contributed by atoms with E-state index in [0.29, 0.717) is 46.9 Å². The number of halogens is 3. The summed E-state index contributed by atoms with van der Waals surface area (Å²) in [6.45, 7) is 14.6. The Bertz CT molecular complexity index is 2170. The molecule has 1 saturated carbocycles. The average Bonchev–Trinajstić information content (AvgIpc) is 3.82. The van der Waals surface area contributed by atoms with Crippen LogP contribution in [0.1, 0.15) is 73.4 Å². The molecule has 0 spiro atoms. The van der Waals surface area contributed by atoms with Gasteiger partial charge >= 0.3 is 12.3 Å². The summed E-state index contributed by atoms with van der Waals surface area (Å²) in [5.41, 5.74) is 4.14.